The molecule has 0 saturated heterocycles. The van der Waals surface area contributed by atoms with Crippen molar-refractivity contribution in [3.63, 3.8) is 0 Å². The van der Waals surface area contributed by atoms with Crippen molar-refractivity contribution in [2.75, 3.05) is 13.2 Å². The Bertz CT molecular complexity index is 977. The molecule has 0 unspecified atom stereocenters. The minimum atomic E-state index is -0.236. The van der Waals surface area contributed by atoms with Gasteiger partial charge in [0.05, 0.1) is 13.2 Å². The molecule has 0 atom stereocenters. The second-order valence-electron chi connectivity index (χ2n) is 12.0. The van der Waals surface area contributed by atoms with Gasteiger partial charge in [-0.15, -0.1) is 0 Å². The zero-order chi connectivity index (χ0) is 30.8. The van der Waals surface area contributed by atoms with E-state index in [4.69, 9.17) is 9.47 Å². The van der Waals surface area contributed by atoms with Crippen molar-refractivity contribution in [1.29, 1.82) is 0 Å². The Morgan fingerprint density at radius 1 is 0.512 bits per heavy atom. The van der Waals surface area contributed by atoms with Gasteiger partial charge in [-0.2, -0.15) is 0 Å². The minimum Gasteiger partial charge on any atom is -0.507 e. The van der Waals surface area contributed by atoms with Crippen molar-refractivity contribution in [3.8, 4) is 11.5 Å². The molecule has 4 nitrogen and oxygen atoms in total. The molecule has 0 amide bonds. The molecule has 43 heavy (non-hydrogen) atoms. The van der Waals surface area contributed by atoms with Crippen LogP contribution >= 0.6 is 0 Å². The number of hydrogen-bond donors (Lipinski definition) is 1. The van der Waals surface area contributed by atoms with Gasteiger partial charge < -0.3 is 14.6 Å². The third-order valence-corrected chi connectivity index (χ3v) is 8.09. The SMILES string of the molecule is CCCCCCCCCCCCOc1ccc(C(=O)/C=C(/O)c2ccc(OCCCCCCCCCCCC)cc2)cc1. The molecule has 0 aromatic heterocycles. The van der Waals surface area contributed by atoms with E-state index < -0.39 is 0 Å². The quantitative estimate of drug-likeness (QED) is 0.0485. The van der Waals surface area contributed by atoms with E-state index in [2.05, 4.69) is 13.8 Å². The van der Waals surface area contributed by atoms with E-state index in [1.807, 2.05) is 24.3 Å². The molecule has 0 radical (unpaired) electrons. The molecule has 2 aromatic carbocycles. The molecule has 0 aliphatic heterocycles. The number of allylic oxidation sites excluding steroid dienone is 1. The molecule has 1 N–H and O–H groups in total. The summed E-state index contributed by atoms with van der Waals surface area (Å²) in [6.07, 6.45) is 27.3. The summed E-state index contributed by atoms with van der Waals surface area (Å²) in [5, 5.41) is 10.5. The molecule has 2 rings (SSSR count). The maximum atomic E-state index is 12.7. The second kappa shape index (κ2) is 24.7. The summed E-state index contributed by atoms with van der Waals surface area (Å²) in [6, 6.07) is 14.4. The topological polar surface area (TPSA) is 55.8 Å². The maximum Gasteiger partial charge on any atom is 0.189 e. The Morgan fingerprint density at radius 2 is 0.837 bits per heavy atom. The summed E-state index contributed by atoms with van der Waals surface area (Å²) in [5.74, 6) is 1.27. The van der Waals surface area contributed by atoms with Crippen LogP contribution < -0.4 is 9.47 Å². The Labute approximate surface area is 263 Å². The zero-order valence-electron chi connectivity index (χ0n) is 27.4. The van der Waals surface area contributed by atoms with Crippen LogP contribution in [0.2, 0.25) is 0 Å². The minimum absolute atomic E-state index is 0.0486. The number of benzene rings is 2. The van der Waals surface area contributed by atoms with Gasteiger partial charge in [-0.3, -0.25) is 4.79 Å². The number of hydrogen-bond acceptors (Lipinski definition) is 4. The first kappa shape index (κ1) is 36.4. The molecule has 0 saturated carbocycles. The van der Waals surface area contributed by atoms with Crippen molar-refractivity contribution < 1.29 is 19.4 Å². The largest absolute Gasteiger partial charge is 0.507 e. The van der Waals surface area contributed by atoms with Gasteiger partial charge in [-0.25, -0.2) is 0 Å². The van der Waals surface area contributed by atoms with Crippen LogP contribution in [0.15, 0.2) is 54.6 Å². The summed E-state index contributed by atoms with van der Waals surface area (Å²) in [6.45, 7) is 5.92. The molecule has 0 aliphatic carbocycles. The zero-order valence-corrected chi connectivity index (χ0v) is 27.4. The van der Waals surface area contributed by atoms with Gasteiger partial charge in [0.25, 0.3) is 0 Å². The smallest absolute Gasteiger partial charge is 0.189 e. The van der Waals surface area contributed by atoms with Gasteiger partial charge in [0, 0.05) is 17.2 Å². The lowest BCUT2D eigenvalue weighted by atomic mass is 10.1. The number of ketones is 1. The first-order chi connectivity index (χ1) is 21.1. The first-order valence-electron chi connectivity index (χ1n) is 17.5. The fraction of sp³-hybridized carbons (Fsp3) is 0.615. The molecule has 4 heteroatoms. The molecular formula is C39H60O4. The van der Waals surface area contributed by atoms with Crippen molar-refractivity contribution in [2.45, 2.75) is 142 Å². The summed E-state index contributed by atoms with van der Waals surface area (Å²) in [4.78, 5) is 12.7. The van der Waals surface area contributed by atoms with Crippen LogP contribution in [0.5, 0.6) is 11.5 Å². The first-order valence-corrected chi connectivity index (χ1v) is 17.5. The van der Waals surface area contributed by atoms with E-state index in [9.17, 15) is 9.90 Å². The lowest BCUT2D eigenvalue weighted by Gasteiger charge is -2.08. The Hall–Kier alpha value is -2.75. The van der Waals surface area contributed by atoms with Crippen LogP contribution in [0.1, 0.15) is 158 Å². The van der Waals surface area contributed by atoms with E-state index in [1.165, 1.54) is 122 Å². The predicted octanol–water partition coefficient (Wildman–Crippen LogP) is 12.1. The van der Waals surface area contributed by atoms with Crippen LogP contribution in [0, 0.1) is 0 Å². The summed E-state index contributed by atoms with van der Waals surface area (Å²) in [7, 11) is 0. The summed E-state index contributed by atoms with van der Waals surface area (Å²) < 4.78 is 11.7. The van der Waals surface area contributed by atoms with Gasteiger partial charge in [-0.1, -0.05) is 129 Å². The van der Waals surface area contributed by atoms with E-state index >= 15 is 0 Å². The number of unbranched alkanes of at least 4 members (excludes halogenated alkanes) is 18. The number of aliphatic hydroxyl groups excluding tert-OH is 1. The van der Waals surface area contributed by atoms with Gasteiger partial charge in [0.2, 0.25) is 0 Å². The molecular weight excluding hydrogens is 532 g/mol. The highest BCUT2D eigenvalue weighted by atomic mass is 16.5. The average Bonchev–Trinajstić information content (AvgIpc) is 3.03. The molecule has 0 heterocycles. The summed E-state index contributed by atoms with van der Waals surface area (Å²) >= 11 is 0. The Morgan fingerprint density at radius 3 is 1.21 bits per heavy atom. The highest BCUT2D eigenvalue weighted by Crippen LogP contribution is 2.20. The van der Waals surface area contributed by atoms with Crippen LogP contribution in [0.4, 0.5) is 0 Å². The van der Waals surface area contributed by atoms with E-state index in [-0.39, 0.29) is 11.5 Å². The number of ether oxygens (including phenoxy) is 2. The number of carbonyl (C=O) groups is 1. The summed E-state index contributed by atoms with van der Waals surface area (Å²) in [5.41, 5.74) is 1.12. The number of rotatable bonds is 27. The van der Waals surface area contributed by atoms with Crippen molar-refractivity contribution in [3.05, 3.63) is 65.7 Å². The van der Waals surface area contributed by atoms with Crippen LogP contribution in [0.25, 0.3) is 5.76 Å². The molecule has 0 aliphatic rings. The fourth-order valence-electron chi connectivity index (χ4n) is 5.29. The highest BCUT2D eigenvalue weighted by Gasteiger charge is 2.08. The van der Waals surface area contributed by atoms with E-state index in [0.29, 0.717) is 24.3 Å². The van der Waals surface area contributed by atoms with Crippen molar-refractivity contribution >= 4 is 11.5 Å². The van der Waals surface area contributed by atoms with Gasteiger partial charge in [0.15, 0.2) is 5.78 Å². The van der Waals surface area contributed by atoms with E-state index in [0.717, 1.165) is 24.3 Å². The Kier molecular flexibility index (Phi) is 20.9. The Balaban J connectivity index is 1.59. The molecule has 2 aromatic rings. The fourth-order valence-corrected chi connectivity index (χ4v) is 5.29. The monoisotopic (exact) mass is 592 g/mol. The van der Waals surface area contributed by atoms with Crippen LogP contribution in [-0.2, 0) is 0 Å². The van der Waals surface area contributed by atoms with Gasteiger partial charge in [-0.05, 0) is 61.4 Å². The van der Waals surface area contributed by atoms with Crippen LogP contribution in [-0.4, -0.2) is 24.1 Å². The third-order valence-electron chi connectivity index (χ3n) is 8.09. The van der Waals surface area contributed by atoms with Crippen LogP contribution in [0.3, 0.4) is 0 Å². The average molecular weight is 593 g/mol. The van der Waals surface area contributed by atoms with Crippen molar-refractivity contribution in [2.24, 2.45) is 0 Å². The lowest BCUT2D eigenvalue weighted by Crippen LogP contribution is -2.00. The van der Waals surface area contributed by atoms with Gasteiger partial charge in [0.1, 0.15) is 17.3 Å². The van der Waals surface area contributed by atoms with Gasteiger partial charge >= 0.3 is 0 Å². The second-order valence-corrected chi connectivity index (χ2v) is 12.0. The predicted molar refractivity (Wildman–Crippen MR) is 182 cm³/mol. The molecule has 0 spiro atoms. The lowest BCUT2D eigenvalue weighted by molar-refractivity contribution is 0.104. The maximum absolute atomic E-state index is 12.7. The highest BCUT2D eigenvalue weighted by molar-refractivity contribution is 6.07. The van der Waals surface area contributed by atoms with Crippen molar-refractivity contribution in [1.82, 2.24) is 0 Å². The van der Waals surface area contributed by atoms with E-state index in [1.54, 1.807) is 24.3 Å². The standard InChI is InChI=1S/C39H60O4/c1-3-5-7-9-11-13-15-17-19-21-31-42-36-27-23-34(24-28-36)38(40)33-39(41)35-25-29-37(30-26-35)43-32-22-20-18-16-14-12-10-8-6-4-2/h23-30,33,40H,3-22,31-32H2,1-2H3/b38-33+. The number of aliphatic hydroxyl groups is 1. The normalized spacial score (nSPS) is 11.5. The number of carbonyl (C=O) groups excluding carboxylic acids is 1. The molecule has 0 fully saturated rings. The molecule has 240 valence electrons. The molecule has 0 bridgehead atoms. The third kappa shape index (κ3) is 17.8.